The fraction of sp³-hybridized carbons (Fsp3) is 0.0556. The number of hydrogen-bond donors (Lipinski definition) is 4. The van der Waals surface area contributed by atoms with Crippen molar-refractivity contribution >= 4 is 35.2 Å². The van der Waals surface area contributed by atoms with Gasteiger partial charge in [0.05, 0.1) is 5.69 Å². The molecule has 2 rings (SSSR count). The van der Waals surface area contributed by atoms with Gasteiger partial charge in [0, 0.05) is 17.3 Å². The molecule has 0 heterocycles. The summed E-state index contributed by atoms with van der Waals surface area (Å²) in [5, 5.41) is 11.5. The monoisotopic (exact) mass is 338 g/mol. The molecule has 0 bridgehead atoms. The van der Waals surface area contributed by atoms with Crippen molar-refractivity contribution in [2.75, 3.05) is 5.32 Å². The highest BCUT2D eigenvalue weighted by atomic mass is 16.4. The molecule has 2 aromatic rings. The highest BCUT2D eigenvalue weighted by molar-refractivity contribution is 6.04. The molecule has 7 nitrogen and oxygen atoms in total. The average Bonchev–Trinajstić information content (AvgIpc) is 2.60. The molecule has 0 aliphatic rings. The van der Waals surface area contributed by atoms with Gasteiger partial charge in [-0.15, -0.1) is 0 Å². The van der Waals surface area contributed by atoms with E-state index in [4.69, 9.17) is 10.9 Å². The average molecular weight is 338 g/mol. The Labute approximate surface area is 144 Å². The number of benzene rings is 2. The van der Waals surface area contributed by atoms with Crippen molar-refractivity contribution < 1.29 is 14.7 Å². The predicted molar refractivity (Wildman–Crippen MR) is 97.6 cm³/mol. The van der Waals surface area contributed by atoms with Gasteiger partial charge in [-0.2, -0.15) is 0 Å². The first-order chi connectivity index (χ1) is 12.0. The van der Waals surface area contributed by atoms with E-state index in [-0.39, 0.29) is 5.91 Å². The van der Waals surface area contributed by atoms with Crippen LogP contribution in [0.25, 0.3) is 5.57 Å². The number of hydrogen-bond acceptors (Lipinski definition) is 4. The lowest BCUT2D eigenvalue weighted by molar-refractivity contribution is -0.131. The SMILES string of the molecule is CC(=CC(=O)O)c1ccc(NC(=O)c2cccc(N=CNN)c2)cc1. The summed E-state index contributed by atoms with van der Waals surface area (Å²) in [6.07, 6.45) is 2.46. The standard InChI is InChI=1S/C18H18N4O3/c1-12(9-17(23)24)13-5-7-15(8-6-13)22-18(25)14-3-2-4-16(10-14)20-11-21-19/h2-11H,19H2,1H3,(H,20,21)(H,22,25)(H,23,24). The van der Waals surface area contributed by atoms with Gasteiger partial charge < -0.3 is 15.8 Å². The summed E-state index contributed by atoms with van der Waals surface area (Å²) < 4.78 is 0. The highest BCUT2D eigenvalue weighted by Crippen LogP contribution is 2.19. The predicted octanol–water partition coefficient (Wildman–Crippen LogP) is 2.55. The van der Waals surface area contributed by atoms with Crippen LogP contribution in [0.2, 0.25) is 0 Å². The molecule has 0 atom stereocenters. The second-order valence-electron chi connectivity index (χ2n) is 5.17. The van der Waals surface area contributed by atoms with Gasteiger partial charge in [-0.25, -0.2) is 15.6 Å². The van der Waals surface area contributed by atoms with Crippen LogP contribution in [0.15, 0.2) is 59.6 Å². The first-order valence-electron chi connectivity index (χ1n) is 7.41. The number of anilines is 1. The molecule has 5 N–H and O–H groups in total. The molecular weight excluding hydrogens is 320 g/mol. The number of hydrazine groups is 1. The van der Waals surface area contributed by atoms with Gasteiger partial charge in [-0.05, 0) is 48.4 Å². The summed E-state index contributed by atoms with van der Waals surface area (Å²) in [6.45, 7) is 1.71. The number of aliphatic imine (C=N–C) groups is 1. The Morgan fingerprint density at radius 2 is 1.84 bits per heavy atom. The molecule has 0 aliphatic carbocycles. The maximum Gasteiger partial charge on any atom is 0.328 e. The summed E-state index contributed by atoms with van der Waals surface area (Å²) in [7, 11) is 0. The summed E-state index contributed by atoms with van der Waals surface area (Å²) in [4.78, 5) is 27.0. The quantitative estimate of drug-likeness (QED) is 0.212. The van der Waals surface area contributed by atoms with Crippen LogP contribution in [0.3, 0.4) is 0 Å². The van der Waals surface area contributed by atoms with Crippen LogP contribution in [-0.2, 0) is 4.79 Å². The molecule has 1 amide bonds. The minimum absolute atomic E-state index is 0.275. The van der Waals surface area contributed by atoms with Crippen LogP contribution in [0.5, 0.6) is 0 Å². The van der Waals surface area contributed by atoms with E-state index in [1.165, 1.54) is 6.34 Å². The van der Waals surface area contributed by atoms with E-state index in [1.807, 2.05) is 0 Å². The van der Waals surface area contributed by atoms with E-state index in [1.54, 1.807) is 55.5 Å². The van der Waals surface area contributed by atoms with Crippen molar-refractivity contribution in [3.05, 3.63) is 65.7 Å². The van der Waals surface area contributed by atoms with Crippen molar-refractivity contribution in [3.8, 4) is 0 Å². The summed E-state index contributed by atoms with van der Waals surface area (Å²) in [6, 6.07) is 13.7. The molecule has 0 aliphatic heterocycles. The number of nitrogens with two attached hydrogens (primary N) is 1. The van der Waals surface area contributed by atoms with Gasteiger partial charge in [0.1, 0.15) is 6.34 Å². The lowest BCUT2D eigenvalue weighted by Crippen LogP contribution is -2.18. The van der Waals surface area contributed by atoms with Crippen molar-refractivity contribution in [2.24, 2.45) is 10.8 Å². The molecule has 0 unspecified atom stereocenters. The first kappa shape index (κ1) is 17.9. The number of nitrogens with zero attached hydrogens (tertiary/aromatic N) is 1. The Morgan fingerprint density at radius 1 is 1.12 bits per heavy atom. The number of amides is 1. The topological polar surface area (TPSA) is 117 Å². The van der Waals surface area contributed by atoms with Gasteiger partial charge in [-0.1, -0.05) is 18.2 Å². The maximum absolute atomic E-state index is 12.3. The Hall–Kier alpha value is -3.45. The zero-order chi connectivity index (χ0) is 18.2. The second kappa shape index (κ2) is 8.42. The van der Waals surface area contributed by atoms with Crippen molar-refractivity contribution in [1.29, 1.82) is 0 Å². The molecule has 0 aromatic heterocycles. The Morgan fingerprint density at radius 3 is 2.48 bits per heavy atom. The van der Waals surface area contributed by atoms with Crippen molar-refractivity contribution in [1.82, 2.24) is 5.43 Å². The number of carboxylic acid groups (broad SMARTS) is 1. The molecule has 25 heavy (non-hydrogen) atoms. The summed E-state index contributed by atoms with van der Waals surface area (Å²) in [5.41, 5.74) is 5.35. The van der Waals surface area contributed by atoms with E-state index in [0.29, 0.717) is 22.5 Å². The summed E-state index contributed by atoms with van der Waals surface area (Å²) in [5.74, 6) is 3.85. The zero-order valence-corrected chi connectivity index (χ0v) is 13.6. The lowest BCUT2D eigenvalue weighted by Gasteiger charge is -2.07. The zero-order valence-electron chi connectivity index (χ0n) is 13.6. The van der Waals surface area contributed by atoms with Crippen LogP contribution in [0, 0.1) is 0 Å². The second-order valence-corrected chi connectivity index (χ2v) is 5.17. The van der Waals surface area contributed by atoms with Gasteiger partial charge in [-0.3, -0.25) is 4.79 Å². The lowest BCUT2D eigenvalue weighted by atomic mass is 10.1. The number of nitrogens with one attached hydrogen (secondary N) is 2. The van der Waals surface area contributed by atoms with Crippen LogP contribution < -0.4 is 16.6 Å². The molecule has 128 valence electrons. The van der Waals surface area contributed by atoms with E-state index in [2.05, 4.69) is 15.7 Å². The third-order valence-corrected chi connectivity index (χ3v) is 3.33. The summed E-state index contributed by atoms with van der Waals surface area (Å²) >= 11 is 0. The third kappa shape index (κ3) is 5.29. The van der Waals surface area contributed by atoms with Gasteiger partial charge in [0.2, 0.25) is 0 Å². The van der Waals surface area contributed by atoms with E-state index in [0.717, 1.165) is 11.6 Å². The van der Waals surface area contributed by atoms with Gasteiger partial charge in [0.25, 0.3) is 5.91 Å². The number of rotatable bonds is 6. The van der Waals surface area contributed by atoms with Gasteiger partial charge >= 0.3 is 5.97 Å². The van der Waals surface area contributed by atoms with E-state index >= 15 is 0 Å². The van der Waals surface area contributed by atoms with Crippen LogP contribution in [0.4, 0.5) is 11.4 Å². The Kier molecular flexibility index (Phi) is 6.02. The fourth-order valence-electron chi connectivity index (χ4n) is 2.13. The molecule has 0 saturated heterocycles. The maximum atomic E-state index is 12.3. The minimum atomic E-state index is -0.998. The fourth-order valence-corrected chi connectivity index (χ4v) is 2.13. The molecule has 0 spiro atoms. The smallest absolute Gasteiger partial charge is 0.328 e. The Balaban J connectivity index is 2.10. The normalized spacial score (nSPS) is 11.4. The number of aliphatic carboxylic acids is 1. The minimum Gasteiger partial charge on any atom is -0.478 e. The third-order valence-electron chi connectivity index (χ3n) is 3.33. The highest BCUT2D eigenvalue weighted by Gasteiger charge is 2.07. The van der Waals surface area contributed by atoms with E-state index < -0.39 is 5.97 Å². The molecule has 7 heteroatoms. The molecule has 0 radical (unpaired) electrons. The molecule has 0 fully saturated rings. The Bertz CT molecular complexity index is 826. The van der Waals surface area contributed by atoms with E-state index in [9.17, 15) is 9.59 Å². The number of carbonyl (C=O) groups is 2. The van der Waals surface area contributed by atoms with Crippen molar-refractivity contribution in [3.63, 3.8) is 0 Å². The number of carbonyl (C=O) groups excluding carboxylic acids is 1. The molecule has 0 saturated carbocycles. The van der Waals surface area contributed by atoms with Crippen molar-refractivity contribution in [2.45, 2.75) is 6.92 Å². The van der Waals surface area contributed by atoms with Crippen LogP contribution >= 0.6 is 0 Å². The first-order valence-corrected chi connectivity index (χ1v) is 7.41. The van der Waals surface area contributed by atoms with Crippen LogP contribution in [0.1, 0.15) is 22.8 Å². The molecular formula is C18H18N4O3. The van der Waals surface area contributed by atoms with Crippen LogP contribution in [-0.4, -0.2) is 23.3 Å². The largest absolute Gasteiger partial charge is 0.478 e. The molecule has 2 aromatic carbocycles. The number of carboxylic acids is 1. The number of allylic oxidation sites excluding steroid dienone is 1. The van der Waals surface area contributed by atoms with Gasteiger partial charge in [0.15, 0.2) is 0 Å².